The summed E-state index contributed by atoms with van der Waals surface area (Å²) in [6.07, 6.45) is 8.13. The highest BCUT2D eigenvalue weighted by molar-refractivity contribution is 5.59. The zero-order chi connectivity index (χ0) is 10.8. The van der Waals surface area contributed by atoms with Crippen LogP contribution in [0.3, 0.4) is 0 Å². The van der Waals surface area contributed by atoms with E-state index < -0.39 is 0 Å². The van der Waals surface area contributed by atoms with Gasteiger partial charge in [0, 0.05) is 12.2 Å². The summed E-state index contributed by atoms with van der Waals surface area (Å²) in [5.41, 5.74) is 1.16. The molecule has 0 N–H and O–H groups in total. The van der Waals surface area contributed by atoms with Crippen molar-refractivity contribution in [1.82, 2.24) is 0 Å². The molecular weight excluding hydrogens is 200 g/mol. The Hall–Kier alpha value is -1.28. The molecule has 2 unspecified atom stereocenters. The molecule has 0 saturated carbocycles. The lowest BCUT2D eigenvalue weighted by atomic mass is 10.0. The molecule has 1 aromatic carbocycles. The van der Waals surface area contributed by atoms with E-state index in [0.29, 0.717) is 0 Å². The van der Waals surface area contributed by atoms with Gasteiger partial charge in [-0.1, -0.05) is 24.3 Å². The van der Waals surface area contributed by atoms with Gasteiger partial charge in [0.15, 0.2) is 0 Å². The van der Waals surface area contributed by atoms with E-state index in [1.807, 2.05) is 18.2 Å². The SMILES string of the molecule is C1=CC(C2CCCCO2)Oc2ccccc21. The Kier molecular flexibility index (Phi) is 2.66. The maximum absolute atomic E-state index is 5.96. The van der Waals surface area contributed by atoms with Crippen molar-refractivity contribution in [2.24, 2.45) is 0 Å². The van der Waals surface area contributed by atoms with Gasteiger partial charge in [0.05, 0.1) is 6.10 Å². The Bertz CT molecular complexity index is 391. The molecule has 0 radical (unpaired) electrons. The molecule has 2 nitrogen and oxygen atoms in total. The van der Waals surface area contributed by atoms with E-state index in [1.54, 1.807) is 0 Å². The van der Waals surface area contributed by atoms with Crippen molar-refractivity contribution >= 4 is 6.08 Å². The summed E-state index contributed by atoms with van der Waals surface area (Å²) in [6, 6.07) is 8.14. The minimum atomic E-state index is 0.0928. The van der Waals surface area contributed by atoms with Gasteiger partial charge in [-0.15, -0.1) is 0 Å². The lowest BCUT2D eigenvalue weighted by molar-refractivity contribution is -0.0362. The monoisotopic (exact) mass is 216 g/mol. The summed E-state index contributed by atoms with van der Waals surface area (Å²) in [5.74, 6) is 0.976. The molecule has 0 aliphatic carbocycles. The van der Waals surface area contributed by atoms with Gasteiger partial charge >= 0.3 is 0 Å². The minimum absolute atomic E-state index is 0.0928. The second-order valence-corrected chi connectivity index (χ2v) is 4.38. The first-order valence-corrected chi connectivity index (χ1v) is 5.99. The molecule has 2 atom stereocenters. The van der Waals surface area contributed by atoms with Crippen molar-refractivity contribution < 1.29 is 9.47 Å². The fourth-order valence-corrected chi connectivity index (χ4v) is 2.33. The van der Waals surface area contributed by atoms with Crippen LogP contribution in [0.4, 0.5) is 0 Å². The number of hydrogen-bond acceptors (Lipinski definition) is 2. The molecule has 2 heterocycles. The zero-order valence-corrected chi connectivity index (χ0v) is 9.26. The van der Waals surface area contributed by atoms with E-state index in [1.165, 1.54) is 12.8 Å². The third kappa shape index (κ3) is 1.85. The number of para-hydroxylation sites is 1. The Labute approximate surface area is 95.9 Å². The summed E-state index contributed by atoms with van der Waals surface area (Å²) >= 11 is 0. The van der Waals surface area contributed by atoms with Crippen molar-refractivity contribution in [3.8, 4) is 5.75 Å². The van der Waals surface area contributed by atoms with Gasteiger partial charge in [0.1, 0.15) is 11.9 Å². The molecule has 2 aliphatic heterocycles. The van der Waals surface area contributed by atoms with Gasteiger partial charge in [-0.2, -0.15) is 0 Å². The predicted molar refractivity (Wildman–Crippen MR) is 63.5 cm³/mol. The van der Waals surface area contributed by atoms with Crippen molar-refractivity contribution in [3.63, 3.8) is 0 Å². The molecule has 0 spiro atoms. The summed E-state index contributed by atoms with van der Waals surface area (Å²) in [4.78, 5) is 0. The van der Waals surface area contributed by atoms with Gasteiger partial charge in [-0.05, 0) is 31.4 Å². The second kappa shape index (κ2) is 4.30. The largest absolute Gasteiger partial charge is 0.483 e. The van der Waals surface area contributed by atoms with Crippen molar-refractivity contribution in [3.05, 3.63) is 35.9 Å². The molecule has 3 rings (SSSR count). The van der Waals surface area contributed by atoms with Crippen LogP contribution in [0, 0.1) is 0 Å². The summed E-state index contributed by atoms with van der Waals surface area (Å²) in [5, 5.41) is 0. The van der Waals surface area contributed by atoms with Gasteiger partial charge in [-0.25, -0.2) is 0 Å². The van der Waals surface area contributed by atoms with Crippen LogP contribution in [-0.4, -0.2) is 18.8 Å². The molecule has 1 fully saturated rings. The Morgan fingerprint density at radius 2 is 2.06 bits per heavy atom. The predicted octanol–water partition coefficient (Wildman–Crippen LogP) is 3.03. The molecule has 1 aromatic rings. The standard InChI is InChI=1S/C14H16O2/c1-2-6-12-11(5-1)8-9-14(16-12)13-7-3-4-10-15-13/h1-2,5-6,8-9,13-14H,3-4,7,10H2. The normalized spacial score (nSPS) is 28.2. The van der Waals surface area contributed by atoms with Crippen LogP contribution in [0.5, 0.6) is 5.75 Å². The van der Waals surface area contributed by atoms with Gasteiger partial charge in [-0.3, -0.25) is 0 Å². The average Bonchev–Trinajstić information content (AvgIpc) is 2.39. The smallest absolute Gasteiger partial charge is 0.143 e. The van der Waals surface area contributed by atoms with Crippen LogP contribution in [0.15, 0.2) is 30.3 Å². The Morgan fingerprint density at radius 1 is 1.12 bits per heavy atom. The zero-order valence-electron chi connectivity index (χ0n) is 9.26. The Balaban J connectivity index is 1.77. The minimum Gasteiger partial charge on any atom is -0.483 e. The van der Waals surface area contributed by atoms with Crippen molar-refractivity contribution in [2.75, 3.05) is 6.61 Å². The van der Waals surface area contributed by atoms with E-state index in [2.05, 4.69) is 18.2 Å². The average molecular weight is 216 g/mol. The lowest BCUT2D eigenvalue weighted by Crippen LogP contribution is -2.36. The van der Waals surface area contributed by atoms with Crippen LogP contribution >= 0.6 is 0 Å². The van der Waals surface area contributed by atoms with Crippen LogP contribution in [0.2, 0.25) is 0 Å². The second-order valence-electron chi connectivity index (χ2n) is 4.38. The van der Waals surface area contributed by atoms with Crippen molar-refractivity contribution in [2.45, 2.75) is 31.5 Å². The first kappa shape index (κ1) is 9.91. The van der Waals surface area contributed by atoms with Gasteiger partial charge in [0.25, 0.3) is 0 Å². The summed E-state index contributed by atoms with van der Waals surface area (Å²) in [7, 11) is 0. The number of benzene rings is 1. The highest BCUT2D eigenvalue weighted by atomic mass is 16.5. The molecule has 0 aromatic heterocycles. The van der Waals surface area contributed by atoms with Gasteiger partial charge in [0.2, 0.25) is 0 Å². The summed E-state index contributed by atoms with van der Waals surface area (Å²) < 4.78 is 11.7. The topological polar surface area (TPSA) is 18.5 Å². The van der Waals surface area contributed by atoms with Crippen LogP contribution in [0.25, 0.3) is 6.08 Å². The third-order valence-electron chi connectivity index (χ3n) is 3.23. The quantitative estimate of drug-likeness (QED) is 0.718. The number of fused-ring (bicyclic) bond motifs is 1. The van der Waals surface area contributed by atoms with E-state index in [9.17, 15) is 0 Å². The Morgan fingerprint density at radius 3 is 2.94 bits per heavy atom. The molecule has 2 aliphatic rings. The highest BCUT2D eigenvalue weighted by Crippen LogP contribution is 2.29. The van der Waals surface area contributed by atoms with Crippen LogP contribution in [0.1, 0.15) is 24.8 Å². The fraction of sp³-hybridized carbons (Fsp3) is 0.429. The lowest BCUT2D eigenvalue weighted by Gasteiger charge is -2.31. The molecule has 0 bridgehead atoms. The summed E-state index contributed by atoms with van der Waals surface area (Å²) in [6.45, 7) is 0.875. The van der Waals surface area contributed by atoms with E-state index in [4.69, 9.17) is 9.47 Å². The fourth-order valence-electron chi connectivity index (χ4n) is 2.33. The van der Waals surface area contributed by atoms with Gasteiger partial charge < -0.3 is 9.47 Å². The molecule has 84 valence electrons. The van der Waals surface area contributed by atoms with Crippen LogP contribution in [-0.2, 0) is 4.74 Å². The highest BCUT2D eigenvalue weighted by Gasteiger charge is 2.26. The first-order chi connectivity index (χ1) is 7.93. The van der Waals surface area contributed by atoms with Crippen LogP contribution < -0.4 is 4.74 Å². The van der Waals surface area contributed by atoms with E-state index in [-0.39, 0.29) is 12.2 Å². The van der Waals surface area contributed by atoms with E-state index in [0.717, 1.165) is 24.3 Å². The van der Waals surface area contributed by atoms with Crippen molar-refractivity contribution in [1.29, 1.82) is 0 Å². The number of ether oxygens (including phenoxy) is 2. The number of hydrogen-bond donors (Lipinski definition) is 0. The molecule has 2 heteroatoms. The first-order valence-electron chi connectivity index (χ1n) is 5.99. The molecule has 16 heavy (non-hydrogen) atoms. The maximum Gasteiger partial charge on any atom is 0.143 e. The third-order valence-corrected chi connectivity index (χ3v) is 3.23. The maximum atomic E-state index is 5.96. The van der Waals surface area contributed by atoms with E-state index >= 15 is 0 Å². The molecule has 0 amide bonds. The molecular formula is C14H16O2. The molecule has 1 saturated heterocycles. The number of rotatable bonds is 1.